The summed E-state index contributed by atoms with van der Waals surface area (Å²) >= 11 is 0. The van der Waals surface area contributed by atoms with Gasteiger partial charge in [-0.15, -0.1) is 0 Å². The molecule has 0 aliphatic heterocycles. The molecule has 6 nitrogen and oxygen atoms in total. The zero-order chi connectivity index (χ0) is 51.4. The van der Waals surface area contributed by atoms with Gasteiger partial charge in [-0.3, -0.25) is 14.4 Å². The van der Waals surface area contributed by atoms with Crippen LogP contribution in [0, 0.1) is 0 Å². The molecule has 0 saturated carbocycles. The van der Waals surface area contributed by atoms with E-state index < -0.39 is 6.10 Å². The number of rotatable bonds is 61. The maximum absolute atomic E-state index is 12.9. The lowest BCUT2D eigenvalue weighted by atomic mass is 10.0. The van der Waals surface area contributed by atoms with Gasteiger partial charge in [-0.25, -0.2) is 0 Å². The van der Waals surface area contributed by atoms with Crippen LogP contribution in [0.1, 0.15) is 380 Å². The number of ether oxygens (including phenoxy) is 3. The first-order valence-corrected chi connectivity index (χ1v) is 32.5. The summed E-state index contributed by atoms with van der Waals surface area (Å²) in [6, 6.07) is 0. The molecule has 0 rings (SSSR count). The van der Waals surface area contributed by atoms with Gasteiger partial charge >= 0.3 is 17.9 Å². The molecule has 1 unspecified atom stereocenters. The summed E-state index contributed by atoms with van der Waals surface area (Å²) < 4.78 is 16.9. The van der Waals surface area contributed by atoms with E-state index >= 15 is 0 Å². The van der Waals surface area contributed by atoms with Crippen molar-refractivity contribution in [3.63, 3.8) is 0 Å². The van der Waals surface area contributed by atoms with Gasteiger partial charge in [-0.1, -0.05) is 342 Å². The molecular weight excluding hydrogens is 877 g/mol. The van der Waals surface area contributed by atoms with E-state index in [9.17, 15) is 14.4 Å². The summed E-state index contributed by atoms with van der Waals surface area (Å²) in [7, 11) is 0. The minimum atomic E-state index is -0.762. The van der Waals surface area contributed by atoms with Crippen LogP contribution in [0.15, 0.2) is 0 Å². The summed E-state index contributed by atoms with van der Waals surface area (Å²) in [4.78, 5) is 38.3. The highest BCUT2D eigenvalue weighted by Gasteiger charge is 2.19. The molecule has 0 saturated heterocycles. The Labute approximate surface area is 444 Å². The first kappa shape index (κ1) is 69.4. The Bertz CT molecular complexity index is 1060. The fourth-order valence-corrected chi connectivity index (χ4v) is 10.2. The molecule has 0 N–H and O–H groups in total. The highest BCUT2D eigenvalue weighted by molar-refractivity contribution is 5.71. The normalized spacial score (nSPS) is 11.9. The van der Waals surface area contributed by atoms with Gasteiger partial charge in [0.25, 0.3) is 0 Å². The molecule has 0 bridgehead atoms. The lowest BCUT2D eigenvalue weighted by molar-refractivity contribution is -0.167. The summed E-state index contributed by atoms with van der Waals surface area (Å²) in [5.41, 5.74) is 0. The average molecular weight is 1000 g/mol. The standard InChI is InChI=1S/C65H126O6/c1-4-7-10-13-16-19-22-25-27-29-30-31-32-33-34-35-37-38-40-43-46-49-52-55-58-64(67)70-61-62(60-69-63(66)57-54-51-48-45-42-24-21-18-15-12-9-6-3)71-65(68)59-56-53-50-47-44-41-39-36-28-26-23-20-17-14-11-8-5-2/h62H,4-61H2,1-3H3. The lowest BCUT2D eigenvalue weighted by Gasteiger charge is -2.18. The molecule has 0 aliphatic rings. The van der Waals surface area contributed by atoms with Crippen molar-refractivity contribution in [2.24, 2.45) is 0 Å². The molecule has 422 valence electrons. The molecule has 0 spiro atoms. The van der Waals surface area contributed by atoms with Gasteiger partial charge in [0.15, 0.2) is 6.10 Å². The monoisotopic (exact) mass is 1000 g/mol. The van der Waals surface area contributed by atoms with Gasteiger partial charge < -0.3 is 14.2 Å². The first-order valence-electron chi connectivity index (χ1n) is 32.5. The van der Waals surface area contributed by atoms with Crippen molar-refractivity contribution in [2.45, 2.75) is 386 Å². The van der Waals surface area contributed by atoms with Crippen LogP contribution in [0.3, 0.4) is 0 Å². The van der Waals surface area contributed by atoms with E-state index in [4.69, 9.17) is 14.2 Å². The third-order valence-electron chi connectivity index (χ3n) is 15.1. The maximum Gasteiger partial charge on any atom is 0.306 e. The van der Waals surface area contributed by atoms with Crippen LogP contribution >= 0.6 is 0 Å². The molecule has 6 heteroatoms. The Morgan fingerprint density at radius 1 is 0.225 bits per heavy atom. The zero-order valence-corrected chi connectivity index (χ0v) is 48.5. The van der Waals surface area contributed by atoms with E-state index in [-0.39, 0.29) is 31.1 Å². The molecule has 0 radical (unpaired) electrons. The van der Waals surface area contributed by atoms with Gasteiger partial charge in [0.2, 0.25) is 0 Å². The van der Waals surface area contributed by atoms with E-state index in [1.165, 1.54) is 283 Å². The number of hydrogen-bond acceptors (Lipinski definition) is 6. The molecule has 0 amide bonds. The molecule has 0 heterocycles. The summed E-state index contributed by atoms with van der Waals surface area (Å²) in [5.74, 6) is -0.826. The van der Waals surface area contributed by atoms with E-state index in [2.05, 4.69) is 20.8 Å². The lowest BCUT2D eigenvalue weighted by Crippen LogP contribution is -2.30. The Kier molecular flexibility index (Phi) is 59.6. The highest BCUT2D eigenvalue weighted by atomic mass is 16.6. The Hall–Kier alpha value is -1.59. The van der Waals surface area contributed by atoms with Gasteiger partial charge in [0.05, 0.1) is 0 Å². The van der Waals surface area contributed by atoms with Crippen molar-refractivity contribution in [3.8, 4) is 0 Å². The van der Waals surface area contributed by atoms with Crippen LogP contribution in [0.2, 0.25) is 0 Å². The van der Waals surface area contributed by atoms with Crippen LogP contribution in [0.5, 0.6) is 0 Å². The molecule has 0 aliphatic carbocycles. The average Bonchev–Trinajstić information content (AvgIpc) is 3.37. The van der Waals surface area contributed by atoms with E-state index in [0.29, 0.717) is 19.3 Å². The van der Waals surface area contributed by atoms with Crippen LogP contribution < -0.4 is 0 Å². The molecule has 0 aromatic heterocycles. The Balaban J connectivity index is 4.18. The highest BCUT2D eigenvalue weighted by Crippen LogP contribution is 2.19. The molecule has 0 fully saturated rings. The van der Waals surface area contributed by atoms with Crippen molar-refractivity contribution in [1.82, 2.24) is 0 Å². The molecule has 0 aromatic rings. The Morgan fingerprint density at radius 3 is 0.563 bits per heavy atom. The SMILES string of the molecule is CCCCCCCCCCCCCCCCCCCCCCCCCCC(=O)OCC(COC(=O)CCCCCCCCCCCCCC)OC(=O)CCCCCCCCCCCCCCCCCCC. The fourth-order valence-electron chi connectivity index (χ4n) is 10.2. The van der Waals surface area contributed by atoms with E-state index in [1.807, 2.05) is 0 Å². The molecule has 0 aromatic carbocycles. The predicted octanol–water partition coefficient (Wildman–Crippen LogP) is 21.9. The maximum atomic E-state index is 12.9. The van der Waals surface area contributed by atoms with Crippen molar-refractivity contribution in [1.29, 1.82) is 0 Å². The largest absolute Gasteiger partial charge is 0.462 e. The van der Waals surface area contributed by atoms with Gasteiger partial charge in [0, 0.05) is 19.3 Å². The van der Waals surface area contributed by atoms with Gasteiger partial charge in [-0.2, -0.15) is 0 Å². The van der Waals surface area contributed by atoms with Crippen LogP contribution in [-0.2, 0) is 28.6 Å². The third kappa shape index (κ3) is 59.2. The summed E-state index contributed by atoms with van der Waals surface area (Å²) in [6.45, 7) is 6.72. The molecular formula is C65H126O6. The van der Waals surface area contributed by atoms with Gasteiger partial charge in [-0.05, 0) is 19.3 Å². The minimum Gasteiger partial charge on any atom is -0.462 e. The van der Waals surface area contributed by atoms with E-state index in [0.717, 1.165) is 57.8 Å². The smallest absolute Gasteiger partial charge is 0.306 e. The summed E-state index contributed by atoms with van der Waals surface area (Å²) in [6.07, 6.45) is 69.7. The third-order valence-corrected chi connectivity index (χ3v) is 15.1. The summed E-state index contributed by atoms with van der Waals surface area (Å²) in [5, 5.41) is 0. The van der Waals surface area contributed by atoms with E-state index in [1.54, 1.807) is 0 Å². The topological polar surface area (TPSA) is 78.9 Å². The minimum absolute atomic E-state index is 0.0606. The quantitative estimate of drug-likeness (QED) is 0.0343. The number of hydrogen-bond donors (Lipinski definition) is 0. The van der Waals surface area contributed by atoms with Crippen molar-refractivity contribution in [2.75, 3.05) is 13.2 Å². The molecule has 1 atom stereocenters. The number of carbonyl (C=O) groups is 3. The number of carbonyl (C=O) groups excluding carboxylic acids is 3. The second kappa shape index (κ2) is 61.0. The first-order chi connectivity index (χ1) is 35.0. The number of unbranched alkanes of at least 4 members (excludes halogenated alkanes) is 50. The van der Waals surface area contributed by atoms with Crippen LogP contribution in [-0.4, -0.2) is 37.2 Å². The zero-order valence-electron chi connectivity index (χ0n) is 48.5. The van der Waals surface area contributed by atoms with Crippen molar-refractivity contribution >= 4 is 17.9 Å². The van der Waals surface area contributed by atoms with Crippen molar-refractivity contribution in [3.05, 3.63) is 0 Å². The van der Waals surface area contributed by atoms with Crippen LogP contribution in [0.4, 0.5) is 0 Å². The molecule has 71 heavy (non-hydrogen) atoms. The van der Waals surface area contributed by atoms with Crippen LogP contribution in [0.25, 0.3) is 0 Å². The fraction of sp³-hybridized carbons (Fsp3) is 0.954. The number of esters is 3. The Morgan fingerprint density at radius 2 is 0.380 bits per heavy atom. The predicted molar refractivity (Wildman–Crippen MR) is 307 cm³/mol. The van der Waals surface area contributed by atoms with Gasteiger partial charge in [0.1, 0.15) is 13.2 Å². The second-order valence-corrected chi connectivity index (χ2v) is 22.4. The van der Waals surface area contributed by atoms with Crippen molar-refractivity contribution < 1.29 is 28.6 Å². The second-order valence-electron chi connectivity index (χ2n) is 22.4.